The maximum atomic E-state index is 4.78. The van der Waals surface area contributed by atoms with E-state index in [0.29, 0.717) is 0 Å². The molecule has 1 aliphatic carbocycles. The summed E-state index contributed by atoms with van der Waals surface area (Å²) < 4.78 is 2.11. The van der Waals surface area contributed by atoms with E-state index in [-0.39, 0.29) is 0 Å². The molecule has 4 rings (SSSR count). The zero-order chi connectivity index (χ0) is 14.2. The Morgan fingerprint density at radius 1 is 1.29 bits per heavy atom. The topological polar surface area (TPSA) is 58.9 Å². The lowest BCUT2D eigenvalue weighted by atomic mass is 10.2. The molecule has 1 fully saturated rings. The van der Waals surface area contributed by atoms with Gasteiger partial charge in [-0.2, -0.15) is 0 Å². The molecule has 0 amide bonds. The van der Waals surface area contributed by atoms with E-state index in [1.807, 2.05) is 0 Å². The van der Waals surface area contributed by atoms with Crippen molar-refractivity contribution in [3.8, 4) is 0 Å². The first-order chi connectivity index (χ1) is 10.3. The maximum absolute atomic E-state index is 4.78. The predicted octanol–water partition coefficient (Wildman–Crippen LogP) is 1.25. The van der Waals surface area contributed by atoms with Gasteiger partial charge in [-0.1, -0.05) is 6.07 Å². The largest absolute Gasteiger partial charge is 0.347 e. The van der Waals surface area contributed by atoms with Gasteiger partial charge in [-0.25, -0.2) is 4.98 Å². The van der Waals surface area contributed by atoms with Crippen LogP contribution in [0.3, 0.4) is 0 Å². The van der Waals surface area contributed by atoms with Crippen LogP contribution in [0.15, 0.2) is 18.5 Å². The molecule has 6 nitrogen and oxygen atoms in total. The highest BCUT2D eigenvalue weighted by Gasteiger charge is 2.21. The number of hydrogen-bond acceptors (Lipinski definition) is 5. The maximum Gasteiger partial charge on any atom is 0.152 e. The molecule has 0 saturated heterocycles. The van der Waals surface area contributed by atoms with Gasteiger partial charge in [-0.3, -0.25) is 0 Å². The Morgan fingerprint density at radius 2 is 2.19 bits per heavy atom. The van der Waals surface area contributed by atoms with Crippen molar-refractivity contribution in [2.24, 2.45) is 0 Å². The molecule has 1 aliphatic heterocycles. The number of anilines is 1. The highest BCUT2D eigenvalue weighted by Crippen LogP contribution is 2.22. The molecule has 0 spiro atoms. The minimum absolute atomic E-state index is 0.734. The van der Waals surface area contributed by atoms with E-state index in [9.17, 15) is 0 Å². The molecule has 2 aliphatic rings. The van der Waals surface area contributed by atoms with Crippen molar-refractivity contribution in [1.29, 1.82) is 0 Å². The number of nitrogens with one attached hydrogen (secondary N) is 1. The Balaban J connectivity index is 1.49. The molecule has 2 aromatic rings. The third-order valence-electron chi connectivity index (χ3n) is 4.30. The molecule has 1 N–H and O–H groups in total. The number of rotatable bonds is 4. The summed E-state index contributed by atoms with van der Waals surface area (Å²) in [5.41, 5.74) is 2.42. The van der Waals surface area contributed by atoms with Crippen LogP contribution >= 0.6 is 0 Å². The van der Waals surface area contributed by atoms with Gasteiger partial charge in [0, 0.05) is 31.4 Å². The second kappa shape index (κ2) is 5.11. The summed E-state index contributed by atoms with van der Waals surface area (Å²) in [6, 6.07) is 5.06. The lowest BCUT2D eigenvalue weighted by Gasteiger charge is -2.28. The monoisotopic (exact) mass is 284 g/mol. The van der Waals surface area contributed by atoms with Crippen LogP contribution in [0.5, 0.6) is 0 Å². The summed E-state index contributed by atoms with van der Waals surface area (Å²) in [7, 11) is 0. The van der Waals surface area contributed by atoms with Crippen molar-refractivity contribution in [3.63, 3.8) is 0 Å². The van der Waals surface area contributed by atoms with Gasteiger partial charge in [0.25, 0.3) is 0 Å². The van der Waals surface area contributed by atoms with Gasteiger partial charge in [0.15, 0.2) is 5.82 Å². The molecule has 0 unspecified atom stereocenters. The molecule has 6 heteroatoms. The molecule has 0 aromatic carbocycles. The molecule has 110 valence electrons. The molecule has 0 radical (unpaired) electrons. The van der Waals surface area contributed by atoms with Crippen molar-refractivity contribution in [3.05, 3.63) is 35.5 Å². The van der Waals surface area contributed by atoms with E-state index in [1.165, 1.54) is 18.4 Å². The lowest BCUT2D eigenvalue weighted by Crippen LogP contribution is -2.34. The molecule has 1 saturated carbocycles. The SMILES string of the molecule is Cc1nc(N2CCn3cnnc3C2)ccc1CNC1CC1. The van der Waals surface area contributed by atoms with Gasteiger partial charge in [-0.05, 0) is 31.4 Å². The summed E-state index contributed by atoms with van der Waals surface area (Å²) >= 11 is 0. The number of pyridine rings is 1. The van der Waals surface area contributed by atoms with Gasteiger partial charge >= 0.3 is 0 Å². The zero-order valence-corrected chi connectivity index (χ0v) is 12.3. The molecule has 0 bridgehead atoms. The van der Waals surface area contributed by atoms with Crippen LogP contribution in [0.25, 0.3) is 0 Å². The van der Waals surface area contributed by atoms with Crippen molar-refractivity contribution in [2.45, 2.75) is 45.4 Å². The lowest BCUT2D eigenvalue weighted by molar-refractivity contribution is 0.555. The average Bonchev–Trinajstić information content (AvgIpc) is 3.21. The average molecular weight is 284 g/mol. The smallest absolute Gasteiger partial charge is 0.152 e. The first-order valence-corrected chi connectivity index (χ1v) is 7.61. The van der Waals surface area contributed by atoms with Crippen molar-refractivity contribution < 1.29 is 0 Å². The highest BCUT2D eigenvalue weighted by atomic mass is 15.3. The van der Waals surface area contributed by atoms with Crippen LogP contribution in [0.2, 0.25) is 0 Å². The fraction of sp³-hybridized carbons (Fsp3) is 0.533. The molecule has 21 heavy (non-hydrogen) atoms. The molecule has 3 heterocycles. The highest BCUT2D eigenvalue weighted by molar-refractivity contribution is 5.42. The van der Waals surface area contributed by atoms with Crippen LogP contribution < -0.4 is 10.2 Å². The molecule has 0 atom stereocenters. The van der Waals surface area contributed by atoms with E-state index in [2.05, 4.69) is 44.0 Å². The van der Waals surface area contributed by atoms with Crippen molar-refractivity contribution in [1.82, 2.24) is 25.1 Å². The van der Waals surface area contributed by atoms with Gasteiger partial charge in [0.05, 0.1) is 6.54 Å². The minimum Gasteiger partial charge on any atom is -0.347 e. The second-order valence-corrected chi connectivity index (χ2v) is 5.93. The summed E-state index contributed by atoms with van der Waals surface area (Å²) in [6.07, 6.45) is 4.44. The summed E-state index contributed by atoms with van der Waals surface area (Å²) in [5, 5.41) is 11.7. The Kier molecular flexibility index (Phi) is 3.11. The Bertz CT molecular complexity index is 645. The first kappa shape index (κ1) is 12.8. The van der Waals surface area contributed by atoms with E-state index >= 15 is 0 Å². The number of hydrogen-bond donors (Lipinski definition) is 1. The van der Waals surface area contributed by atoms with Crippen LogP contribution in [0.4, 0.5) is 5.82 Å². The van der Waals surface area contributed by atoms with Gasteiger partial charge in [0.1, 0.15) is 12.1 Å². The van der Waals surface area contributed by atoms with Gasteiger partial charge < -0.3 is 14.8 Å². The van der Waals surface area contributed by atoms with Crippen LogP contribution in [0, 0.1) is 6.92 Å². The fourth-order valence-corrected chi connectivity index (χ4v) is 2.74. The third-order valence-corrected chi connectivity index (χ3v) is 4.30. The normalized spacial score (nSPS) is 17.9. The van der Waals surface area contributed by atoms with Gasteiger partial charge in [-0.15, -0.1) is 10.2 Å². The van der Waals surface area contributed by atoms with Crippen LogP contribution in [-0.2, 0) is 19.6 Å². The van der Waals surface area contributed by atoms with Crippen molar-refractivity contribution >= 4 is 5.82 Å². The Morgan fingerprint density at radius 3 is 3.00 bits per heavy atom. The molecule has 2 aromatic heterocycles. The summed E-state index contributed by atoms with van der Waals surface area (Å²) in [6.45, 7) is 5.69. The summed E-state index contributed by atoms with van der Waals surface area (Å²) in [4.78, 5) is 7.05. The van der Waals surface area contributed by atoms with Crippen LogP contribution in [0.1, 0.15) is 29.9 Å². The summed E-state index contributed by atoms with van der Waals surface area (Å²) in [5.74, 6) is 2.05. The third kappa shape index (κ3) is 2.63. The first-order valence-electron chi connectivity index (χ1n) is 7.61. The predicted molar refractivity (Wildman–Crippen MR) is 79.9 cm³/mol. The Hall–Kier alpha value is -1.95. The van der Waals surface area contributed by atoms with E-state index in [0.717, 1.165) is 49.6 Å². The number of fused-ring (bicyclic) bond motifs is 1. The van der Waals surface area contributed by atoms with Crippen molar-refractivity contribution in [2.75, 3.05) is 11.4 Å². The van der Waals surface area contributed by atoms with E-state index in [4.69, 9.17) is 4.98 Å². The number of aryl methyl sites for hydroxylation is 1. The van der Waals surface area contributed by atoms with Crippen LogP contribution in [-0.4, -0.2) is 32.3 Å². The molecular formula is C15H20N6. The fourth-order valence-electron chi connectivity index (χ4n) is 2.74. The van der Waals surface area contributed by atoms with E-state index in [1.54, 1.807) is 6.33 Å². The standard InChI is InChI=1S/C15H20N6/c1-11-12(8-16-13-3-4-13)2-5-14(18-11)20-6-7-21-10-17-19-15(21)9-20/h2,5,10,13,16H,3-4,6-9H2,1H3. The zero-order valence-electron chi connectivity index (χ0n) is 12.3. The van der Waals surface area contributed by atoms with E-state index < -0.39 is 0 Å². The number of nitrogens with zero attached hydrogens (tertiary/aromatic N) is 5. The van der Waals surface area contributed by atoms with Gasteiger partial charge in [0.2, 0.25) is 0 Å². The quantitative estimate of drug-likeness (QED) is 0.916. The second-order valence-electron chi connectivity index (χ2n) is 5.93. The Labute approximate surface area is 124 Å². The minimum atomic E-state index is 0.734. The molecular weight excluding hydrogens is 264 g/mol. The number of aromatic nitrogens is 4.